The lowest BCUT2D eigenvalue weighted by Gasteiger charge is -2.23. The Bertz CT molecular complexity index is 1100. The summed E-state index contributed by atoms with van der Waals surface area (Å²) in [6, 6.07) is 19.9. The molecule has 0 N–H and O–H groups in total. The molecular formula is C23H22FNO4S. The molecule has 3 aromatic rings. The summed E-state index contributed by atoms with van der Waals surface area (Å²) < 4.78 is 52.0. The van der Waals surface area contributed by atoms with Crippen LogP contribution in [0.1, 0.15) is 5.56 Å². The molecule has 0 atom stereocenters. The van der Waals surface area contributed by atoms with Crippen molar-refractivity contribution in [3.63, 3.8) is 0 Å². The number of rotatable bonds is 9. The van der Waals surface area contributed by atoms with Gasteiger partial charge < -0.3 is 9.47 Å². The molecule has 7 heteroatoms. The van der Waals surface area contributed by atoms with Crippen LogP contribution in [0.4, 0.5) is 10.1 Å². The second-order valence-electron chi connectivity index (χ2n) is 6.39. The number of anilines is 1. The average Bonchev–Trinajstić information content (AvgIpc) is 2.77. The summed E-state index contributed by atoms with van der Waals surface area (Å²) in [6.07, 6.45) is 1.47. The zero-order valence-corrected chi connectivity index (χ0v) is 17.3. The van der Waals surface area contributed by atoms with E-state index in [-0.39, 0.29) is 17.2 Å². The fourth-order valence-electron chi connectivity index (χ4n) is 2.84. The Hall–Kier alpha value is -3.32. The van der Waals surface area contributed by atoms with Gasteiger partial charge in [0.2, 0.25) is 0 Å². The van der Waals surface area contributed by atoms with E-state index >= 15 is 0 Å². The predicted molar refractivity (Wildman–Crippen MR) is 115 cm³/mol. The fourth-order valence-corrected chi connectivity index (χ4v) is 4.29. The van der Waals surface area contributed by atoms with Crippen LogP contribution in [0.25, 0.3) is 0 Å². The lowest BCUT2D eigenvalue weighted by Crippen LogP contribution is -2.31. The Labute approximate surface area is 176 Å². The number of halogens is 1. The topological polar surface area (TPSA) is 55.8 Å². The summed E-state index contributed by atoms with van der Waals surface area (Å²) in [6.45, 7) is 4.06. The maximum atomic E-state index is 14.1. The first-order chi connectivity index (χ1) is 14.5. The summed E-state index contributed by atoms with van der Waals surface area (Å²) in [4.78, 5) is -0.174. The lowest BCUT2D eigenvalue weighted by molar-refractivity contribution is 0.306. The summed E-state index contributed by atoms with van der Waals surface area (Å²) >= 11 is 0. The number of hydrogen-bond donors (Lipinski definition) is 0. The molecule has 0 spiro atoms. The highest BCUT2D eigenvalue weighted by Crippen LogP contribution is 2.28. The van der Waals surface area contributed by atoms with Crippen molar-refractivity contribution in [2.45, 2.75) is 11.5 Å². The van der Waals surface area contributed by atoms with E-state index in [1.165, 1.54) is 25.3 Å². The number of ether oxygens (including phenoxy) is 2. The zero-order valence-electron chi connectivity index (χ0n) is 16.5. The molecule has 3 rings (SSSR count). The SMILES string of the molecule is C=CCN(c1ccc(OCc2ccccc2)cc1)S(=O)(=O)c1ccc(OC)c(F)c1. The predicted octanol–water partition coefficient (Wildman–Crippen LogP) is 4.79. The quantitative estimate of drug-likeness (QED) is 0.461. The number of nitrogens with zero attached hydrogens (tertiary/aromatic N) is 1. The molecule has 5 nitrogen and oxygen atoms in total. The molecule has 3 aromatic carbocycles. The Kier molecular flexibility index (Phi) is 6.74. The van der Waals surface area contributed by atoms with Crippen LogP contribution < -0.4 is 13.8 Å². The van der Waals surface area contributed by atoms with Gasteiger partial charge in [0, 0.05) is 0 Å². The summed E-state index contributed by atoms with van der Waals surface area (Å²) in [5, 5.41) is 0. The van der Waals surface area contributed by atoms with E-state index < -0.39 is 15.8 Å². The standard InChI is InChI=1S/C23H22FNO4S/c1-3-15-25(30(26,27)21-13-14-23(28-2)22(24)16-21)19-9-11-20(12-10-19)29-17-18-7-5-4-6-8-18/h3-14,16H,1,15,17H2,2H3. The van der Waals surface area contributed by atoms with Crippen molar-refractivity contribution < 1.29 is 22.3 Å². The van der Waals surface area contributed by atoms with Gasteiger partial charge in [-0.3, -0.25) is 4.31 Å². The van der Waals surface area contributed by atoms with Gasteiger partial charge in [0.1, 0.15) is 12.4 Å². The van der Waals surface area contributed by atoms with Gasteiger partial charge in [-0.25, -0.2) is 12.8 Å². The van der Waals surface area contributed by atoms with E-state index in [0.29, 0.717) is 18.0 Å². The van der Waals surface area contributed by atoms with Crippen LogP contribution in [0.15, 0.2) is 90.3 Å². The van der Waals surface area contributed by atoms with Crippen LogP contribution in [-0.2, 0) is 16.6 Å². The van der Waals surface area contributed by atoms with Gasteiger partial charge in [0.15, 0.2) is 11.6 Å². The minimum absolute atomic E-state index is 0.0239. The highest BCUT2D eigenvalue weighted by Gasteiger charge is 2.25. The molecule has 0 unspecified atom stereocenters. The molecule has 156 valence electrons. The molecule has 0 heterocycles. The first-order valence-electron chi connectivity index (χ1n) is 9.19. The Balaban J connectivity index is 1.83. The van der Waals surface area contributed by atoms with Crippen molar-refractivity contribution in [3.8, 4) is 11.5 Å². The second kappa shape index (κ2) is 9.45. The fraction of sp³-hybridized carbons (Fsp3) is 0.130. The number of benzene rings is 3. The highest BCUT2D eigenvalue weighted by molar-refractivity contribution is 7.92. The van der Waals surface area contributed by atoms with Crippen LogP contribution in [0.5, 0.6) is 11.5 Å². The van der Waals surface area contributed by atoms with E-state index in [4.69, 9.17) is 9.47 Å². The van der Waals surface area contributed by atoms with Crippen molar-refractivity contribution in [2.24, 2.45) is 0 Å². The van der Waals surface area contributed by atoms with Crippen LogP contribution in [0, 0.1) is 5.82 Å². The van der Waals surface area contributed by atoms with Crippen molar-refractivity contribution in [2.75, 3.05) is 18.0 Å². The molecule has 0 aromatic heterocycles. The lowest BCUT2D eigenvalue weighted by atomic mass is 10.2. The first kappa shape index (κ1) is 21.4. The van der Waals surface area contributed by atoms with Crippen LogP contribution in [-0.4, -0.2) is 22.1 Å². The van der Waals surface area contributed by atoms with E-state index in [0.717, 1.165) is 15.9 Å². The highest BCUT2D eigenvalue weighted by atomic mass is 32.2. The molecule has 0 fully saturated rings. The van der Waals surface area contributed by atoms with Gasteiger partial charge in [-0.15, -0.1) is 6.58 Å². The van der Waals surface area contributed by atoms with Gasteiger partial charge in [-0.2, -0.15) is 0 Å². The second-order valence-corrected chi connectivity index (χ2v) is 8.25. The van der Waals surface area contributed by atoms with Gasteiger partial charge in [0.05, 0.1) is 24.2 Å². The van der Waals surface area contributed by atoms with E-state index in [2.05, 4.69) is 6.58 Å². The largest absolute Gasteiger partial charge is 0.494 e. The molecule has 0 aliphatic carbocycles. The third-order valence-electron chi connectivity index (χ3n) is 4.38. The summed E-state index contributed by atoms with van der Waals surface area (Å²) in [5.41, 5.74) is 1.44. The zero-order chi connectivity index (χ0) is 21.6. The molecule has 0 saturated carbocycles. The van der Waals surface area contributed by atoms with Crippen molar-refractivity contribution >= 4 is 15.7 Å². The molecule has 0 saturated heterocycles. The first-order valence-corrected chi connectivity index (χ1v) is 10.6. The van der Waals surface area contributed by atoms with E-state index in [9.17, 15) is 12.8 Å². The molecule has 0 amide bonds. The third-order valence-corrected chi connectivity index (χ3v) is 6.17. The van der Waals surface area contributed by atoms with E-state index in [1.807, 2.05) is 30.3 Å². The maximum Gasteiger partial charge on any atom is 0.264 e. The van der Waals surface area contributed by atoms with Gasteiger partial charge in [0.25, 0.3) is 10.0 Å². The smallest absolute Gasteiger partial charge is 0.264 e. The minimum atomic E-state index is -4.01. The number of methoxy groups -OCH3 is 1. The molecular weight excluding hydrogens is 405 g/mol. The van der Waals surface area contributed by atoms with Gasteiger partial charge in [-0.1, -0.05) is 36.4 Å². The summed E-state index contributed by atoms with van der Waals surface area (Å²) in [7, 11) is -2.69. The molecule has 30 heavy (non-hydrogen) atoms. The van der Waals surface area contributed by atoms with Crippen LogP contribution in [0.3, 0.4) is 0 Å². The van der Waals surface area contributed by atoms with Crippen LogP contribution in [0.2, 0.25) is 0 Å². The van der Waals surface area contributed by atoms with Gasteiger partial charge in [-0.05, 0) is 48.0 Å². The monoisotopic (exact) mass is 427 g/mol. The summed E-state index contributed by atoms with van der Waals surface area (Å²) in [5.74, 6) is -0.167. The average molecular weight is 427 g/mol. The molecule has 0 bridgehead atoms. The van der Waals surface area contributed by atoms with E-state index in [1.54, 1.807) is 24.3 Å². The number of hydrogen-bond acceptors (Lipinski definition) is 4. The Morgan fingerprint density at radius 1 is 1.03 bits per heavy atom. The van der Waals surface area contributed by atoms with Crippen molar-refractivity contribution in [1.29, 1.82) is 0 Å². The molecule has 0 aliphatic heterocycles. The number of sulfonamides is 1. The third kappa shape index (κ3) is 4.80. The maximum absolute atomic E-state index is 14.1. The van der Waals surface area contributed by atoms with Crippen LogP contribution >= 0.6 is 0 Å². The normalized spacial score (nSPS) is 11.0. The van der Waals surface area contributed by atoms with Crippen molar-refractivity contribution in [3.05, 3.63) is 96.8 Å². The molecule has 0 radical (unpaired) electrons. The van der Waals surface area contributed by atoms with Crippen molar-refractivity contribution in [1.82, 2.24) is 0 Å². The minimum Gasteiger partial charge on any atom is -0.494 e. The molecule has 0 aliphatic rings. The Morgan fingerprint density at radius 3 is 2.33 bits per heavy atom. The Morgan fingerprint density at radius 2 is 1.73 bits per heavy atom. The van der Waals surface area contributed by atoms with Gasteiger partial charge >= 0.3 is 0 Å².